The van der Waals surface area contributed by atoms with E-state index in [4.69, 9.17) is 47.4 Å². The van der Waals surface area contributed by atoms with E-state index in [1.54, 1.807) is 20.8 Å². The number of hydrogen-bond donors (Lipinski definition) is 0. The SMILES string of the molecule is CCC1(COC)OC(=O)C(=CCC=CC=C2C(=O)OC(c3cc(C)c(C4OC(=O)C(=CC=CCC=C5C(=O)OC(C)(COC)OC5=O)C(=O)O4)cc3C)OC2=O)C(=O)O1. The molecule has 4 saturated heterocycles. The summed E-state index contributed by atoms with van der Waals surface area (Å²) in [5, 5.41) is 0. The number of carbonyl (C=O) groups is 8. The third kappa shape index (κ3) is 9.90. The Hall–Kier alpha value is -6.66. The molecule has 0 atom stereocenters. The summed E-state index contributed by atoms with van der Waals surface area (Å²) in [7, 11) is 2.74. The first-order valence-electron chi connectivity index (χ1n) is 18.0. The zero-order valence-electron chi connectivity index (χ0n) is 32.8. The van der Waals surface area contributed by atoms with Crippen LogP contribution in [0.5, 0.6) is 0 Å². The van der Waals surface area contributed by atoms with E-state index in [0.29, 0.717) is 22.3 Å². The number of carbonyl (C=O) groups excluding carboxylic acids is 8. The van der Waals surface area contributed by atoms with Gasteiger partial charge in [-0.25, -0.2) is 38.4 Å². The second kappa shape index (κ2) is 18.3. The Morgan fingerprint density at radius 3 is 1.29 bits per heavy atom. The molecule has 18 nitrogen and oxygen atoms in total. The van der Waals surface area contributed by atoms with Crippen LogP contribution in [0.4, 0.5) is 0 Å². The van der Waals surface area contributed by atoms with Crippen LogP contribution in [0, 0.1) is 13.8 Å². The maximum Gasteiger partial charge on any atom is 0.348 e. The highest BCUT2D eigenvalue weighted by atomic mass is 16.8. The van der Waals surface area contributed by atoms with E-state index in [0.717, 1.165) is 12.2 Å². The van der Waals surface area contributed by atoms with E-state index in [2.05, 4.69) is 0 Å². The first-order chi connectivity index (χ1) is 28.0. The van der Waals surface area contributed by atoms with Crippen molar-refractivity contribution in [2.45, 2.75) is 71.1 Å². The standard InChI is InChI=1S/C41H40O18/c1-7-41(21-51-6)58-36(48)27(37(49)59-41)17-13-9-11-15-25-32(44)54-39(55-33(25)45)29-19-22(2)28(18-23(29)3)38-52-30(42)24(31(43)53-38)14-10-8-12-16-26-34(46)56-40(4,20-50-5)57-35(26)47/h8-11,14-19,38-39H,7,12-13,20-21H2,1-6H3. The molecule has 0 spiro atoms. The van der Waals surface area contributed by atoms with Crippen LogP contribution in [0.15, 0.2) is 83.0 Å². The molecule has 0 amide bonds. The molecule has 18 heteroatoms. The van der Waals surface area contributed by atoms with Gasteiger partial charge in [0.25, 0.3) is 24.2 Å². The molecular weight excluding hydrogens is 780 g/mol. The van der Waals surface area contributed by atoms with Crippen LogP contribution >= 0.6 is 0 Å². The molecule has 1 aromatic carbocycles. The normalized spacial score (nSPS) is 24.8. The molecular formula is C41H40O18. The lowest BCUT2D eigenvalue weighted by molar-refractivity contribution is -0.250. The van der Waals surface area contributed by atoms with Crippen LogP contribution in [-0.4, -0.2) is 86.8 Å². The molecule has 0 aromatic heterocycles. The third-order valence-corrected chi connectivity index (χ3v) is 8.98. The van der Waals surface area contributed by atoms with Gasteiger partial charge in [-0.05, 0) is 62.1 Å². The van der Waals surface area contributed by atoms with E-state index in [1.807, 2.05) is 0 Å². The molecule has 4 heterocycles. The maximum atomic E-state index is 12.9. The van der Waals surface area contributed by atoms with Crippen molar-refractivity contribution >= 4 is 47.8 Å². The van der Waals surface area contributed by atoms with Crippen molar-refractivity contribution in [3.8, 4) is 0 Å². The van der Waals surface area contributed by atoms with Gasteiger partial charge in [-0.1, -0.05) is 43.4 Å². The van der Waals surface area contributed by atoms with Crippen LogP contribution in [0.1, 0.15) is 67.9 Å². The minimum Gasteiger partial charge on any atom is -0.417 e. The molecule has 4 fully saturated rings. The quantitative estimate of drug-likeness (QED) is 0.120. The molecule has 312 valence electrons. The molecule has 5 rings (SSSR count). The number of aryl methyl sites for hydroxylation is 2. The average molecular weight is 821 g/mol. The van der Waals surface area contributed by atoms with Gasteiger partial charge in [-0.2, -0.15) is 0 Å². The number of methoxy groups -OCH3 is 2. The van der Waals surface area contributed by atoms with Gasteiger partial charge in [0, 0.05) is 38.7 Å². The van der Waals surface area contributed by atoms with Crippen molar-refractivity contribution < 1.29 is 85.7 Å². The topological polar surface area (TPSA) is 229 Å². The Bertz CT molecular complexity index is 2070. The minimum absolute atomic E-state index is 0.0397. The Balaban J connectivity index is 1.16. The predicted octanol–water partition coefficient (Wildman–Crippen LogP) is 3.41. The molecule has 0 radical (unpaired) electrons. The second-order valence-electron chi connectivity index (χ2n) is 13.4. The molecule has 59 heavy (non-hydrogen) atoms. The van der Waals surface area contributed by atoms with Crippen molar-refractivity contribution in [3.63, 3.8) is 0 Å². The fourth-order valence-corrected chi connectivity index (χ4v) is 5.95. The highest BCUT2D eigenvalue weighted by Gasteiger charge is 2.45. The Morgan fingerprint density at radius 2 is 0.932 bits per heavy atom. The summed E-state index contributed by atoms with van der Waals surface area (Å²) in [4.78, 5) is 101. The number of cyclic esters (lactones) is 8. The lowest BCUT2D eigenvalue weighted by Gasteiger charge is -2.34. The van der Waals surface area contributed by atoms with Crippen molar-refractivity contribution in [1.82, 2.24) is 0 Å². The predicted molar refractivity (Wildman–Crippen MR) is 195 cm³/mol. The average Bonchev–Trinajstić information content (AvgIpc) is 3.15. The number of rotatable bonds is 13. The molecule has 0 unspecified atom stereocenters. The molecule has 4 aliphatic rings. The first-order valence-corrected chi connectivity index (χ1v) is 18.0. The van der Waals surface area contributed by atoms with Gasteiger partial charge in [-0.15, -0.1) is 0 Å². The molecule has 0 saturated carbocycles. The fourth-order valence-electron chi connectivity index (χ4n) is 5.95. The number of allylic oxidation sites excluding steroid dienone is 8. The Kier molecular flexibility index (Phi) is 13.5. The smallest absolute Gasteiger partial charge is 0.348 e. The summed E-state index contributed by atoms with van der Waals surface area (Å²) in [5.74, 6) is -10.5. The van der Waals surface area contributed by atoms with Crippen molar-refractivity contribution in [1.29, 1.82) is 0 Å². The van der Waals surface area contributed by atoms with Crippen LogP contribution in [-0.2, 0) is 85.7 Å². The Labute approximate surface area is 336 Å². The minimum atomic E-state index is -1.55. The van der Waals surface area contributed by atoms with E-state index in [1.165, 1.54) is 69.7 Å². The van der Waals surface area contributed by atoms with Crippen molar-refractivity contribution in [3.05, 3.63) is 105 Å². The molecule has 0 N–H and O–H groups in total. The summed E-state index contributed by atoms with van der Waals surface area (Å²) < 4.78 is 52.3. The van der Waals surface area contributed by atoms with Gasteiger partial charge in [0.1, 0.15) is 35.5 Å². The van der Waals surface area contributed by atoms with Crippen LogP contribution in [0.3, 0.4) is 0 Å². The molecule has 0 bridgehead atoms. The molecule has 4 aliphatic heterocycles. The monoisotopic (exact) mass is 820 g/mol. The fraction of sp³-hybridized carbons (Fsp3) is 0.366. The van der Waals surface area contributed by atoms with Crippen LogP contribution in [0.2, 0.25) is 0 Å². The molecule has 1 aromatic rings. The van der Waals surface area contributed by atoms with Crippen molar-refractivity contribution in [2.24, 2.45) is 0 Å². The molecule has 0 aliphatic carbocycles. The zero-order valence-corrected chi connectivity index (χ0v) is 32.8. The van der Waals surface area contributed by atoms with Gasteiger partial charge in [0.2, 0.25) is 0 Å². The summed E-state index contributed by atoms with van der Waals surface area (Å²) in [5.41, 5.74) is -0.00154. The number of hydrogen-bond acceptors (Lipinski definition) is 18. The van der Waals surface area contributed by atoms with Gasteiger partial charge in [0.05, 0.1) is 0 Å². The first kappa shape index (κ1) is 43.5. The third-order valence-electron chi connectivity index (χ3n) is 8.98. The lowest BCUT2D eigenvalue weighted by atomic mass is 9.98. The lowest BCUT2D eigenvalue weighted by Crippen LogP contribution is -2.49. The number of benzene rings is 1. The van der Waals surface area contributed by atoms with Gasteiger partial charge in [-0.3, -0.25) is 0 Å². The van der Waals surface area contributed by atoms with Gasteiger partial charge in [0.15, 0.2) is 0 Å². The van der Waals surface area contributed by atoms with Gasteiger partial charge < -0.3 is 47.4 Å². The maximum absolute atomic E-state index is 12.9. The van der Waals surface area contributed by atoms with E-state index >= 15 is 0 Å². The zero-order chi connectivity index (χ0) is 43.1. The summed E-state index contributed by atoms with van der Waals surface area (Å²) in [6.45, 7) is 6.01. The highest BCUT2D eigenvalue weighted by Crippen LogP contribution is 2.35. The van der Waals surface area contributed by atoms with E-state index in [-0.39, 0.29) is 43.6 Å². The second-order valence-corrected chi connectivity index (χ2v) is 13.4. The van der Waals surface area contributed by atoms with Gasteiger partial charge >= 0.3 is 47.8 Å². The summed E-state index contributed by atoms with van der Waals surface area (Å²) in [6.07, 6.45) is 7.88. The number of ether oxygens (including phenoxy) is 10. The van der Waals surface area contributed by atoms with E-state index in [9.17, 15) is 38.4 Å². The number of esters is 8. The summed E-state index contributed by atoms with van der Waals surface area (Å²) in [6, 6.07) is 3.05. The van der Waals surface area contributed by atoms with E-state index < -0.39 is 83.1 Å². The Morgan fingerprint density at radius 1 is 0.559 bits per heavy atom. The van der Waals surface area contributed by atoms with Crippen molar-refractivity contribution in [2.75, 3.05) is 27.4 Å². The highest BCUT2D eigenvalue weighted by molar-refractivity contribution is 6.17. The van der Waals surface area contributed by atoms with Crippen LogP contribution < -0.4 is 0 Å². The largest absolute Gasteiger partial charge is 0.417 e. The summed E-state index contributed by atoms with van der Waals surface area (Å²) >= 11 is 0. The van der Waals surface area contributed by atoms with Crippen LogP contribution in [0.25, 0.3) is 0 Å².